The molecule has 2 amide bonds. The van der Waals surface area contributed by atoms with Gasteiger partial charge in [0.25, 0.3) is 11.8 Å². The summed E-state index contributed by atoms with van der Waals surface area (Å²) < 4.78 is 21.8. The fourth-order valence-electron chi connectivity index (χ4n) is 7.35. The maximum absolute atomic E-state index is 12.9. The van der Waals surface area contributed by atoms with Gasteiger partial charge in [-0.05, 0) is 96.5 Å². The molecule has 2 aliphatic rings. The van der Waals surface area contributed by atoms with Gasteiger partial charge in [-0.15, -0.1) is 0 Å². The zero-order valence-electron chi connectivity index (χ0n) is 33.2. The number of aliphatic hydroxyl groups excluding tert-OH is 2. The molecule has 2 aliphatic heterocycles. The molecule has 14 heteroatoms. The van der Waals surface area contributed by atoms with Crippen molar-refractivity contribution < 1.29 is 48.3 Å². The second kappa shape index (κ2) is 19.1. The standard InChI is InChI=1S/C44H50N4O10/c1-5-55-43(53)35(23-49)45-17-19-47-37-15-13-29(21-39(37)57-25-41(47)51)31-9-7-11-33(27(31)3)34-12-8-10-32(28(34)4)30-14-16-38-40(22-30)58-26-42(52)48(38)20-18-46-36(24-50)44(54)56-6-2/h7-16,21-22,35-36,45-46,49-50H,5-6,17-20,23-26H2,1-4H3. The van der Waals surface area contributed by atoms with E-state index in [2.05, 4.69) is 48.7 Å². The summed E-state index contributed by atoms with van der Waals surface area (Å²) in [5.41, 5.74) is 9.35. The van der Waals surface area contributed by atoms with E-state index in [0.717, 1.165) is 44.5 Å². The van der Waals surface area contributed by atoms with Crippen LogP contribution in [0.1, 0.15) is 25.0 Å². The van der Waals surface area contributed by atoms with Gasteiger partial charge < -0.3 is 49.6 Å². The minimum absolute atomic E-state index is 0.121. The molecule has 0 aromatic heterocycles. The molecule has 0 spiro atoms. The number of hydrogen-bond donors (Lipinski definition) is 4. The summed E-state index contributed by atoms with van der Waals surface area (Å²) in [5, 5.41) is 25.2. The van der Waals surface area contributed by atoms with Crippen molar-refractivity contribution in [3.05, 3.63) is 83.9 Å². The molecule has 6 rings (SSSR count). The summed E-state index contributed by atoms with van der Waals surface area (Å²) in [7, 11) is 0. The van der Waals surface area contributed by atoms with Gasteiger partial charge in [0.05, 0.1) is 37.8 Å². The minimum Gasteiger partial charge on any atom is -0.482 e. The SMILES string of the molecule is CCOC(=O)C(CO)NCCN1C(=O)COc2cc(-c3cccc(-c4cccc(-c5ccc6c(c5)OCC(=O)N6CCNC(CO)C(=O)OCC)c4C)c3C)ccc21. The molecule has 2 heterocycles. The van der Waals surface area contributed by atoms with Crippen LogP contribution in [0.2, 0.25) is 0 Å². The van der Waals surface area contributed by atoms with Crippen molar-refractivity contribution in [1.29, 1.82) is 0 Å². The number of fused-ring (bicyclic) bond motifs is 2. The third kappa shape index (κ3) is 9.00. The van der Waals surface area contributed by atoms with E-state index < -0.39 is 37.2 Å². The van der Waals surface area contributed by atoms with Crippen LogP contribution in [0.25, 0.3) is 33.4 Å². The molecule has 0 fully saturated rings. The third-order valence-electron chi connectivity index (χ3n) is 10.3. The molecule has 306 valence electrons. The number of anilines is 2. The first-order chi connectivity index (χ1) is 28.1. The van der Waals surface area contributed by atoms with E-state index in [4.69, 9.17) is 18.9 Å². The van der Waals surface area contributed by atoms with Crippen LogP contribution in [-0.2, 0) is 28.7 Å². The first-order valence-corrected chi connectivity index (χ1v) is 19.5. The van der Waals surface area contributed by atoms with Gasteiger partial charge in [0.1, 0.15) is 23.6 Å². The Morgan fingerprint density at radius 2 is 1.05 bits per heavy atom. The van der Waals surface area contributed by atoms with E-state index >= 15 is 0 Å². The summed E-state index contributed by atoms with van der Waals surface area (Å²) in [6.07, 6.45) is 0. The number of ether oxygens (including phenoxy) is 4. The second-order valence-electron chi connectivity index (χ2n) is 13.9. The Balaban J connectivity index is 1.21. The summed E-state index contributed by atoms with van der Waals surface area (Å²) in [5.74, 6) is -0.364. The van der Waals surface area contributed by atoms with Crippen LogP contribution in [0.5, 0.6) is 11.5 Å². The molecule has 0 aliphatic carbocycles. The second-order valence-corrected chi connectivity index (χ2v) is 13.9. The van der Waals surface area contributed by atoms with Gasteiger partial charge in [-0.3, -0.25) is 19.2 Å². The minimum atomic E-state index is -0.880. The predicted molar refractivity (Wildman–Crippen MR) is 219 cm³/mol. The first-order valence-electron chi connectivity index (χ1n) is 19.5. The Labute approximate surface area is 337 Å². The van der Waals surface area contributed by atoms with Crippen molar-refractivity contribution in [2.45, 2.75) is 39.8 Å². The molecule has 4 aromatic rings. The maximum atomic E-state index is 12.9. The molecular weight excluding hydrogens is 745 g/mol. The Bertz CT molecular complexity index is 2010. The highest BCUT2D eigenvalue weighted by Crippen LogP contribution is 2.42. The van der Waals surface area contributed by atoms with E-state index in [1.54, 1.807) is 23.6 Å². The van der Waals surface area contributed by atoms with Crippen LogP contribution in [0.3, 0.4) is 0 Å². The molecule has 2 unspecified atom stereocenters. The number of aliphatic hydroxyl groups is 2. The molecular formula is C44H50N4O10. The van der Waals surface area contributed by atoms with Gasteiger partial charge in [0.2, 0.25) is 0 Å². The van der Waals surface area contributed by atoms with Gasteiger partial charge in [0.15, 0.2) is 13.2 Å². The lowest BCUT2D eigenvalue weighted by Crippen LogP contribution is -2.47. The zero-order chi connectivity index (χ0) is 41.3. The average molecular weight is 795 g/mol. The van der Waals surface area contributed by atoms with Crippen molar-refractivity contribution in [3.8, 4) is 44.9 Å². The van der Waals surface area contributed by atoms with Gasteiger partial charge in [-0.1, -0.05) is 48.5 Å². The van der Waals surface area contributed by atoms with Crippen molar-refractivity contribution in [3.63, 3.8) is 0 Å². The molecule has 0 radical (unpaired) electrons. The lowest BCUT2D eigenvalue weighted by atomic mass is 9.88. The fourth-order valence-corrected chi connectivity index (χ4v) is 7.35. The number of esters is 2. The zero-order valence-corrected chi connectivity index (χ0v) is 33.2. The first kappa shape index (κ1) is 41.8. The lowest BCUT2D eigenvalue weighted by Gasteiger charge is -2.30. The normalized spacial score (nSPS) is 14.5. The van der Waals surface area contributed by atoms with Gasteiger partial charge in [0, 0.05) is 26.2 Å². The molecule has 0 saturated heterocycles. The molecule has 14 nitrogen and oxygen atoms in total. The predicted octanol–water partition coefficient (Wildman–Crippen LogP) is 3.78. The number of carbonyl (C=O) groups is 4. The molecule has 2 atom stereocenters. The van der Waals surface area contributed by atoms with Gasteiger partial charge in [-0.2, -0.15) is 0 Å². The summed E-state index contributed by atoms with van der Waals surface area (Å²) in [6.45, 7) is 7.95. The van der Waals surface area contributed by atoms with Crippen LogP contribution < -0.4 is 29.9 Å². The summed E-state index contributed by atoms with van der Waals surface area (Å²) in [6, 6.07) is 22.2. The Morgan fingerprint density at radius 1 is 0.655 bits per heavy atom. The summed E-state index contributed by atoms with van der Waals surface area (Å²) >= 11 is 0. The maximum Gasteiger partial charge on any atom is 0.325 e. The van der Waals surface area contributed by atoms with E-state index in [9.17, 15) is 29.4 Å². The van der Waals surface area contributed by atoms with Crippen molar-refractivity contribution in [2.75, 3.05) is 75.6 Å². The highest BCUT2D eigenvalue weighted by Gasteiger charge is 2.29. The third-order valence-corrected chi connectivity index (χ3v) is 10.3. The quantitative estimate of drug-likeness (QED) is 0.114. The van der Waals surface area contributed by atoms with Gasteiger partial charge >= 0.3 is 11.9 Å². The Kier molecular flexibility index (Phi) is 13.8. The monoisotopic (exact) mass is 794 g/mol. The smallest absolute Gasteiger partial charge is 0.325 e. The fraction of sp³-hybridized carbons (Fsp3) is 0.364. The van der Waals surface area contributed by atoms with Crippen LogP contribution >= 0.6 is 0 Å². The van der Waals surface area contributed by atoms with E-state index in [-0.39, 0.29) is 64.4 Å². The van der Waals surface area contributed by atoms with Crippen LogP contribution in [0, 0.1) is 13.8 Å². The lowest BCUT2D eigenvalue weighted by molar-refractivity contribution is -0.147. The van der Waals surface area contributed by atoms with Crippen molar-refractivity contribution in [2.24, 2.45) is 0 Å². The van der Waals surface area contributed by atoms with Crippen molar-refractivity contribution >= 4 is 35.1 Å². The highest BCUT2D eigenvalue weighted by atomic mass is 16.5. The van der Waals surface area contributed by atoms with E-state index in [0.29, 0.717) is 22.9 Å². The number of amides is 2. The Hall–Kier alpha value is -5.80. The van der Waals surface area contributed by atoms with Crippen LogP contribution in [0.15, 0.2) is 72.8 Å². The van der Waals surface area contributed by atoms with Crippen LogP contribution in [-0.4, -0.2) is 112 Å². The summed E-state index contributed by atoms with van der Waals surface area (Å²) in [4.78, 5) is 53.2. The molecule has 58 heavy (non-hydrogen) atoms. The van der Waals surface area contributed by atoms with E-state index in [1.165, 1.54) is 0 Å². The number of nitrogens with one attached hydrogen (secondary N) is 2. The number of rotatable bonds is 17. The van der Waals surface area contributed by atoms with Crippen molar-refractivity contribution in [1.82, 2.24) is 10.6 Å². The van der Waals surface area contributed by atoms with E-state index in [1.807, 2.05) is 48.5 Å². The molecule has 0 saturated carbocycles. The van der Waals surface area contributed by atoms with Gasteiger partial charge in [-0.25, -0.2) is 0 Å². The Morgan fingerprint density at radius 3 is 1.43 bits per heavy atom. The molecule has 0 bridgehead atoms. The largest absolute Gasteiger partial charge is 0.482 e. The molecule has 4 aromatic carbocycles. The topological polar surface area (TPSA) is 176 Å². The average Bonchev–Trinajstić information content (AvgIpc) is 3.22. The number of carbonyl (C=O) groups excluding carboxylic acids is 4. The number of hydrogen-bond acceptors (Lipinski definition) is 12. The van der Waals surface area contributed by atoms with Crippen LogP contribution in [0.4, 0.5) is 11.4 Å². The highest BCUT2D eigenvalue weighted by molar-refractivity contribution is 5.99. The number of nitrogens with zero attached hydrogens (tertiary/aromatic N) is 2. The number of benzene rings is 4. The molecule has 4 N–H and O–H groups in total.